The Morgan fingerprint density at radius 2 is 2.12 bits per heavy atom. The number of carbonyl (C=O) groups is 1. The average molecular weight is 463 g/mol. The van der Waals surface area contributed by atoms with E-state index in [9.17, 15) is 22.8 Å². The van der Waals surface area contributed by atoms with Crippen molar-refractivity contribution in [1.82, 2.24) is 14.5 Å². The minimum absolute atomic E-state index is 0.00464. The molecule has 2 aliphatic heterocycles. The summed E-state index contributed by atoms with van der Waals surface area (Å²) < 4.78 is 48.6. The van der Waals surface area contributed by atoms with Gasteiger partial charge in [0, 0.05) is 37.1 Å². The maximum Gasteiger partial charge on any atom is 0.408 e. The number of ketones is 1. The van der Waals surface area contributed by atoms with E-state index in [0.29, 0.717) is 25.0 Å². The van der Waals surface area contributed by atoms with Crippen LogP contribution in [0.3, 0.4) is 0 Å². The number of ether oxygens (including phenoxy) is 1. The molecule has 2 aromatic heterocycles. The molecule has 3 aliphatic rings. The Bertz CT molecular complexity index is 1130. The zero-order chi connectivity index (χ0) is 23.3. The third-order valence-electron chi connectivity index (χ3n) is 6.60. The fourth-order valence-electron chi connectivity index (χ4n) is 4.74. The molecule has 0 bridgehead atoms. The number of halogens is 3. The zero-order valence-corrected chi connectivity index (χ0v) is 18.0. The highest BCUT2D eigenvalue weighted by atomic mass is 19.4. The third kappa shape index (κ3) is 4.33. The van der Waals surface area contributed by atoms with Crippen molar-refractivity contribution in [3.8, 4) is 0 Å². The van der Waals surface area contributed by atoms with Crippen molar-refractivity contribution in [3.63, 3.8) is 0 Å². The molecule has 4 atom stereocenters. The number of nitrogens with zero attached hydrogens (tertiary/aromatic N) is 4. The molecule has 176 valence electrons. The van der Waals surface area contributed by atoms with Crippen LogP contribution in [0, 0.1) is 18.8 Å². The van der Waals surface area contributed by atoms with Crippen molar-refractivity contribution in [3.05, 3.63) is 46.0 Å². The fourth-order valence-corrected chi connectivity index (χ4v) is 4.74. The highest BCUT2D eigenvalue weighted by Crippen LogP contribution is 2.48. The number of pyridine rings is 1. The van der Waals surface area contributed by atoms with Crippen molar-refractivity contribution in [2.24, 2.45) is 11.8 Å². The number of nitrogens with one attached hydrogen (secondary N) is 1. The van der Waals surface area contributed by atoms with Crippen LogP contribution in [0.4, 0.5) is 24.9 Å². The van der Waals surface area contributed by atoms with E-state index in [-0.39, 0.29) is 36.4 Å². The van der Waals surface area contributed by atoms with Gasteiger partial charge in [0.15, 0.2) is 5.78 Å². The molecule has 4 heterocycles. The van der Waals surface area contributed by atoms with E-state index in [4.69, 9.17) is 4.74 Å². The van der Waals surface area contributed by atoms with E-state index < -0.39 is 30.1 Å². The molecule has 5 rings (SSSR count). The lowest BCUT2D eigenvalue weighted by Crippen LogP contribution is -2.54. The Labute approximate surface area is 187 Å². The second kappa shape index (κ2) is 8.12. The standard InChI is InChI=1S/C22H24F3N5O3/c1-12-4-13(8-26-7-12)16(31)10-30-18(22(23,24)25)2-3-29-20(32)6-19(28-21(29)30)27-9-17-15-5-14(15)11-33-17/h4,6-8,14-15,17-18,27H,2-3,5,9-11H2,1H3/t14-,15?,17+,18-/m0/s1. The van der Waals surface area contributed by atoms with Crippen LogP contribution < -0.4 is 15.8 Å². The number of alkyl halides is 3. The molecular weight excluding hydrogens is 439 g/mol. The molecule has 0 amide bonds. The SMILES string of the molecule is Cc1cncc(C(=O)CN2c3nc(NC[C@H]4OC[C@@H]5CC54)cc(=O)n3CC[C@H]2C(F)(F)F)c1. The van der Waals surface area contributed by atoms with Gasteiger partial charge in [-0.2, -0.15) is 18.2 Å². The smallest absolute Gasteiger partial charge is 0.376 e. The molecule has 11 heteroatoms. The van der Waals surface area contributed by atoms with Crippen LogP contribution in [0.25, 0.3) is 0 Å². The number of fused-ring (bicyclic) bond motifs is 2. The number of aryl methyl sites for hydroxylation is 1. The van der Waals surface area contributed by atoms with Gasteiger partial charge in [-0.3, -0.25) is 19.1 Å². The van der Waals surface area contributed by atoms with E-state index in [0.717, 1.165) is 16.9 Å². The van der Waals surface area contributed by atoms with Gasteiger partial charge < -0.3 is 15.0 Å². The number of hydrogen-bond acceptors (Lipinski definition) is 7. The molecule has 1 aliphatic carbocycles. The molecular formula is C22H24F3N5O3. The maximum absolute atomic E-state index is 13.9. The molecule has 0 spiro atoms. The molecule has 1 saturated carbocycles. The van der Waals surface area contributed by atoms with Crippen molar-refractivity contribution in [2.75, 3.05) is 29.9 Å². The van der Waals surface area contributed by atoms with Gasteiger partial charge in [-0.05, 0) is 43.2 Å². The van der Waals surface area contributed by atoms with Crippen molar-refractivity contribution in [1.29, 1.82) is 0 Å². The number of carbonyl (C=O) groups excluding carboxylic acids is 1. The fraction of sp³-hybridized carbons (Fsp3) is 0.545. The van der Waals surface area contributed by atoms with Gasteiger partial charge in [0.2, 0.25) is 5.95 Å². The molecule has 33 heavy (non-hydrogen) atoms. The van der Waals surface area contributed by atoms with Crippen LogP contribution in [-0.4, -0.2) is 58.3 Å². The monoisotopic (exact) mass is 463 g/mol. The highest BCUT2D eigenvalue weighted by molar-refractivity contribution is 5.99. The summed E-state index contributed by atoms with van der Waals surface area (Å²) in [4.78, 5) is 34.8. The van der Waals surface area contributed by atoms with Gasteiger partial charge in [0.25, 0.3) is 5.56 Å². The summed E-state index contributed by atoms with van der Waals surface area (Å²) >= 11 is 0. The van der Waals surface area contributed by atoms with Crippen LogP contribution in [0.15, 0.2) is 29.3 Å². The number of rotatable bonds is 6. The van der Waals surface area contributed by atoms with Crippen LogP contribution in [-0.2, 0) is 11.3 Å². The topological polar surface area (TPSA) is 89.4 Å². The predicted octanol–water partition coefficient (Wildman–Crippen LogP) is 2.42. The molecule has 2 aromatic rings. The molecule has 2 fully saturated rings. The lowest BCUT2D eigenvalue weighted by molar-refractivity contribution is -0.152. The second-order valence-corrected chi connectivity index (χ2v) is 8.99. The summed E-state index contributed by atoms with van der Waals surface area (Å²) in [6, 6.07) is 0.931. The predicted molar refractivity (Wildman–Crippen MR) is 113 cm³/mol. The molecule has 1 N–H and O–H groups in total. The van der Waals surface area contributed by atoms with Gasteiger partial charge >= 0.3 is 6.18 Å². The van der Waals surface area contributed by atoms with Crippen molar-refractivity contribution >= 4 is 17.5 Å². The minimum Gasteiger partial charge on any atom is -0.376 e. The first-order valence-electron chi connectivity index (χ1n) is 11.0. The lowest BCUT2D eigenvalue weighted by Gasteiger charge is -2.38. The number of anilines is 2. The normalized spacial score (nSPS) is 26.0. The summed E-state index contributed by atoms with van der Waals surface area (Å²) in [5.74, 6) is 0.563. The first kappa shape index (κ1) is 21.9. The maximum atomic E-state index is 13.9. The Kier molecular flexibility index (Phi) is 5.38. The van der Waals surface area contributed by atoms with Gasteiger partial charge in [-0.1, -0.05) is 0 Å². The summed E-state index contributed by atoms with van der Waals surface area (Å²) in [5, 5.41) is 3.05. The first-order chi connectivity index (χ1) is 15.7. The van der Waals surface area contributed by atoms with E-state index in [1.165, 1.54) is 16.8 Å². The van der Waals surface area contributed by atoms with Crippen LogP contribution in [0.1, 0.15) is 28.8 Å². The number of Topliss-reactive ketones (excluding diaryl/α,β-unsaturated/α-hetero) is 1. The first-order valence-corrected chi connectivity index (χ1v) is 11.0. The Balaban J connectivity index is 1.44. The summed E-state index contributed by atoms with van der Waals surface area (Å²) in [5.41, 5.74) is 0.469. The Morgan fingerprint density at radius 3 is 2.79 bits per heavy atom. The number of hydrogen-bond donors (Lipinski definition) is 1. The molecule has 1 saturated heterocycles. The minimum atomic E-state index is -4.59. The molecule has 0 radical (unpaired) electrons. The van der Waals surface area contributed by atoms with Crippen LogP contribution in [0.5, 0.6) is 0 Å². The lowest BCUT2D eigenvalue weighted by atomic mass is 10.1. The van der Waals surface area contributed by atoms with Crippen LogP contribution in [0.2, 0.25) is 0 Å². The molecule has 0 aromatic carbocycles. The van der Waals surface area contributed by atoms with E-state index >= 15 is 0 Å². The largest absolute Gasteiger partial charge is 0.408 e. The van der Waals surface area contributed by atoms with Crippen molar-refractivity contribution < 1.29 is 22.7 Å². The van der Waals surface area contributed by atoms with E-state index in [2.05, 4.69) is 15.3 Å². The van der Waals surface area contributed by atoms with Gasteiger partial charge in [0.05, 0.1) is 19.3 Å². The Morgan fingerprint density at radius 1 is 1.30 bits per heavy atom. The van der Waals surface area contributed by atoms with Gasteiger partial charge in [-0.25, -0.2) is 0 Å². The van der Waals surface area contributed by atoms with Crippen molar-refractivity contribution in [2.45, 2.75) is 44.6 Å². The number of aromatic nitrogens is 3. The Hall–Kier alpha value is -2.95. The van der Waals surface area contributed by atoms with E-state index in [1.807, 2.05) is 0 Å². The summed E-state index contributed by atoms with van der Waals surface area (Å²) in [6.07, 6.45) is -0.927. The second-order valence-electron chi connectivity index (χ2n) is 8.99. The molecule has 1 unspecified atom stereocenters. The molecule has 8 nitrogen and oxygen atoms in total. The highest BCUT2D eigenvalue weighted by Gasteiger charge is 2.49. The third-order valence-corrected chi connectivity index (χ3v) is 6.60. The quantitative estimate of drug-likeness (QED) is 0.658. The van der Waals surface area contributed by atoms with Gasteiger partial charge in [0.1, 0.15) is 11.9 Å². The van der Waals surface area contributed by atoms with Gasteiger partial charge in [-0.15, -0.1) is 0 Å². The van der Waals surface area contributed by atoms with E-state index in [1.54, 1.807) is 19.2 Å². The average Bonchev–Trinajstić information content (AvgIpc) is 3.43. The zero-order valence-electron chi connectivity index (χ0n) is 18.0. The summed E-state index contributed by atoms with van der Waals surface area (Å²) in [7, 11) is 0. The summed E-state index contributed by atoms with van der Waals surface area (Å²) in [6.45, 7) is 2.19. The van der Waals surface area contributed by atoms with Crippen LogP contribution >= 0.6 is 0 Å².